The summed E-state index contributed by atoms with van der Waals surface area (Å²) in [4.78, 5) is 5.06. The number of nitrogens with one attached hydrogen (secondary N) is 1. The van der Waals surface area contributed by atoms with Gasteiger partial charge in [0.15, 0.2) is 0 Å². The fourth-order valence-electron chi connectivity index (χ4n) is 5.86. The van der Waals surface area contributed by atoms with Crippen molar-refractivity contribution in [3.8, 4) is 5.75 Å². The Bertz CT molecular complexity index is 1110. The van der Waals surface area contributed by atoms with Crippen LogP contribution in [0.2, 0.25) is 0 Å². The first-order valence-corrected chi connectivity index (χ1v) is 12.8. The second kappa shape index (κ2) is 8.70. The maximum absolute atomic E-state index is 6.26. The zero-order valence-corrected chi connectivity index (χ0v) is 20.9. The number of aromatic nitrogens is 2. The lowest BCUT2D eigenvalue weighted by molar-refractivity contribution is 0.120. The summed E-state index contributed by atoms with van der Waals surface area (Å²) >= 11 is 0. The van der Waals surface area contributed by atoms with Crippen LogP contribution in [0.5, 0.6) is 5.75 Å². The molecule has 2 saturated carbocycles. The van der Waals surface area contributed by atoms with Gasteiger partial charge < -0.3 is 14.6 Å². The van der Waals surface area contributed by atoms with E-state index in [4.69, 9.17) is 9.72 Å². The Morgan fingerprint density at radius 1 is 1.06 bits per heavy atom. The van der Waals surface area contributed by atoms with E-state index in [2.05, 4.69) is 87.0 Å². The van der Waals surface area contributed by atoms with E-state index in [0.29, 0.717) is 29.4 Å². The average molecular weight is 446 g/mol. The van der Waals surface area contributed by atoms with Crippen LogP contribution in [-0.2, 0) is 0 Å². The second-order valence-electron chi connectivity index (χ2n) is 11.6. The maximum Gasteiger partial charge on any atom is 0.208 e. The minimum Gasteiger partial charge on any atom is -0.490 e. The smallest absolute Gasteiger partial charge is 0.208 e. The number of benzene rings is 2. The van der Waals surface area contributed by atoms with Crippen molar-refractivity contribution < 1.29 is 4.74 Å². The first-order chi connectivity index (χ1) is 15.8. The summed E-state index contributed by atoms with van der Waals surface area (Å²) < 4.78 is 8.73. The standard InChI is InChI=1S/C29H39N3O/c1-19(2)21-9-11-22(12-10-21)30-28-31-26-14-13-25(33-24-7-6-8-24)16-27(26)32(28)23-15-20(3)17-29(4,5)18-23/h9-14,16,19-20,23-24H,6-8,15,17-18H2,1-5H3,(H,30,31)/t20-,23+/m1/s1. The van der Waals surface area contributed by atoms with Gasteiger partial charge in [0.05, 0.1) is 17.1 Å². The molecule has 4 nitrogen and oxygen atoms in total. The molecule has 0 saturated heterocycles. The summed E-state index contributed by atoms with van der Waals surface area (Å²) in [6.45, 7) is 11.7. The van der Waals surface area contributed by atoms with Gasteiger partial charge in [0, 0.05) is 17.8 Å². The highest BCUT2D eigenvalue weighted by Gasteiger charge is 2.34. The van der Waals surface area contributed by atoms with E-state index in [1.165, 1.54) is 43.2 Å². The molecular formula is C29H39N3O. The summed E-state index contributed by atoms with van der Waals surface area (Å²) in [7, 11) is 0. The van der Waals surface area contributed by atoms with E-state index in [9.17, 15) is 0 Å². The molecule has 3 aromatic rings. The predicted molar refractivity (Wildman–Crippen MR) is 138 cm³/mol. The Hall–Kier alpha value is -2.49. The molecule has 2 atom stereocenters. The van der Waals surface area contributed by atoms with Gasteiger partial charge in [-0.3, -0.25) is 0 Å². The number of anilines is 2. The van der Waals surface area contributed by atoms with Gasteiger partial charge >= 0.3 is 0 Å². The normalized spacial score (nSPS) is 23.0. The largest absolute Gasteiger partial charge is 0.490 e. The van der Waals surface area contributed by atoms with Crippen LogP contribution in [0, 0.1) is 11.3 Å². The molecule has 0 spiro atoms. The van der Waals surface area contributed by atoms with Crippen molar-refractivity contribution in [2.75, 3.05) is 5.32 Å². The lowest BCUT2D eigenvalue weighted by atomic mass is 9.70. The highest BCUT2D eigenvalue weighted by Crippen LogP contribution is 2.46. The first kappa shape index (κ1) is 22.3. The summed E-state index contributed by atoms with van der Waals surface area (Å²) in [5, 5.41) is 3.66. The van der Waals surface area contributed by atoms with Crippen molar-refractivity contribution in [1.29, 1.82) is 0 Å². The molecule has 0 amide bonds. The van der Waals surface area contributed by atoms with E-state index >= 15 is 0 Å². The molecule has 1 aromatic heterocycles. The molecule has 0 bridgehead atoms. The van der Waals surface area contributed by atoms with Crippen molar-refractivity contribution in [1.82, 2.24) is 9.55 Å². The Balaban J connectivity index is 1.54. The molecule has 0 radical (unpaired) electrons. The average Bonchev–Trinajstić information content (AvgIpc) is 3.06. The molecule has 0 unspecified atom stereocenters. The van der Waals surface area contributed by atoms with Crippen LogP contribution in [-0.4, -0.2) is 15.7 Å². The molecule has 1 N–H and O–H groups in total. The number of imidazole rings is 1. The molecule has 2 fully saturated rings. The number of hydrogen-bond donors (Lipinski definition) is 1. The van der Waals surface area contributed by atoms with Crippen LogP contribution < -0.4 is 10.1 Å². The van der Waals surface area contributed by atoms with Crippen LogP contribution in [0.25, 0.3) is 11.0 Å². The summed E-state index contributed by atoms with van der Waals surface area (Å²) in [5.41, 5.74) is 4.99. The molecule has 1 heterocycles. The van der Waals surface area contributed by atoms with Gasteiger partial charge in [0.1, 0.15) is 5.75 Å². The Labute approximate surface area is 198 Å². The van der Waals surface area contributed by atoms with E-state index in [1.807, 2.05) is 0 Å². The summed E-state index contributed by atoms with van der Waals surface area (Å²) in [6, 6.07) is 15.7. The van der Waals surface area contributed by atoms with Gasteiger partial charge in [-0.1, -0.05) is 46.8 Å². The molecule has 176 valence electrons. The molecule has 2 aliphatic rings. The molecule has 2 aliphatic carbocycles. The minimum atomic E-state index is 0.329. The van der Waals surface area contributed by atoms with Gasteiger partial charge in [0.25, 0.3) is 0 Å². The summed E-state index contributed by atoms with van der Waals surface area (Å²) in [5.74, 6) is 3.15. The molecular weight excluding hydrogens is 406 g/mol. The third-order valence-electron chi connectivity index (χ3n) is 7.58. The highest BCUT2D eigenvalue weighted by molar-refractivity contribution is 5.81. The monoisotopic (exact) mass is 445 g/mol. The quantitative estimate of drug-likeness (QED) is 0.415. The van der Waals surface area contributed by atoms with Gasteiger partial charge in [-0.25, -0.2) is 4.98 Å². The Kier molecular flexibility index (Phi) is 5.88. The van der Waals surface area contributed by atoms with Crippen LogP contribution >= 0.6 is 0 Å². The summed E-state index contributed by atoms with van der Waals surface area (Å²) in [6.07, 6.45) is 7.63. The first-order valence-electron chi connectivity index (χ1n) is 12.8. The molecule has 33 heavy (non-hydrogen) atoms. The fourth-order valence-corrected chi connectivity index (χ4v) is 5.86. The number of nitrogens with zero attached hydrogens (tertiary/aromatic N) is 2. The lowest BCUT2D eigenvalue weighted by Gasteiger charge is -2.40. The topological polar surface area (TPSA) is 39.1 Å². The van der Waals surface area contributed by atoms with Crippen molar-refractivity contribution in [3.63, 3.8) is 0 Å². The molecule has 2 aromatic carbocycles. The highest BCUT2D eigenvalue weighted by atomic mass is 16.5. The van der Waals surface area contributed by atoms with E-state index in [1.54, 1.807) is 0 Å². The van der Waals surface area contributed by atoms with Crippen molar-refractivity contribution in [2.45, 2.75) is 91.2 Å². The van der Waals surface area contributed by atoms with Crippen molar-refractivity contribution >= 4 is 22.7 Å². The van der Waals surface area contributed by atoms with Gasteiger partial charge in [-0.05, 0) is 85.6 Å². The zero-order chi connectivity index (χ0) is 23.2. The van der Waals surface area contributed by atoms with E-state index in [-0.39, 0.29) is 0 Å². The molecule has 5 rings (SSSR count). The fraction of sp³-hybridized carbons (Fsp3) is 0.552. The molecule has 0 aliphatic heterocycles. The van der Waals surface area contributed by atoms with Crippen LogP contribution in [0.1, 0.15) is 90.7 Å². The second-order valence-corrected chi connectivity index (χ2v) is 11.6. The van der Waals surface area contributed by atoms with Gasteiger partial charge in [0.2, 0.25) is 5.95 Å². The third-order valence-corrected chi connectivity index (χ3v) is 7.58. The lowest BCUT2D eigenvalue weighted by Crippen LogP contribution is -2.29. The van der Waals surface area contributed by atoms with Gasteiger partial charge in [-0.2, -0.15) is 0 Å². The maximum atomic E-state index is 6.26. The number of fused-ring (bicyclic) bond motifs is 1. The third kappa shape index (κ3) is 4.76. The number of hydrogen-bond acceptors (Lipinski definition) is 3. The molecule has 4 heteroatoms. The minimum absolute atomic E-state index is 0.329. The van der Waals surface area contributed by atoms with Gasteiger partial charge in [-0.15, -0.1) is 0 Å². The Morgan fingerprint density at radius 3 is 2.45 bits per heavy atom. The Morgan fingerprint density at radius 2 is 1.82 bits per heavy atom. The van der Waals surface area contributed by atoms with Crippen molar-refractivity contribution in [2.24, 2.45) is 11.3 Å². The predicted octanol–water partition coefficient (Wildman–Crippen LogP) is 8.22. The van der Waals surface area contributed by atoms with Crippen LogP contribution in [0.3, 0.4) is 0 Å². The number of rotatable bonds is 6. The van der Waals surface area contributed by atoms with Crippen LogP contribution in [0.4, 0.5) is 11.6 Å². The zero-order valence-electron chi connectivity index (χ0n) is 20.9. The van der Waals surface area contributed by atoms with E-state index in [0.717, 1.165) is 29.3 Å². The SMILES string of the molecule is CC(C)c1ccc(Nc2nc3ccc(OC4CCC4)cc3n2[C@H]2C[C@@H](C)CC(C)(C)C2)cc1. The van der Waals surface area contributed by atoms with Crippen LogP contribution in [0.15, 0.2) is 42.5 Å². The van der Waals surface area contributed by atoms with Crippen molar-refractivity contribution in [3.05, 3.63) is 48.0 Å². The number of ether oxygens (including phenoxy) is 1. The van der Waals surface area contributed by atoms with E-state index < -0.39 is 0 Å².